The van der Waals surface area contributed by atoms with Crippen LogP contribution in [0.25, 0.3) is 0 Å². The Morgan fingerprint density at radius 2 is 1.77 bits per heavy atom. The standard InChI is InChI=1S/C22H32N2O6/c1-5-24-13(4)16(10-14-6-8-15(9-7-14)12(2)3)21(23-24)30-22-20(28)19(27)18(26)17(11-25)29-22/h6-9,12,17-20,22,25-28H,5,10-11H2,1-4H3/t17-,18-,19+,20-,22?/m1/s1. The summed E-state index contributed by atoms with van der Waals surface area (Å²) < 4.78 is 13.1. The summed E-state index contributed by atoms with van der Waals surface area (Å²) in [7, 11) is 0. The highest BCUT2D eigenvalue weighted by Crippen LogP contribution is 2.29. The fourth-order valence-electron chi connectivity index (χ4n) is 3.66. The van der Waals surface area contributed by atoms with Crippen LogP contribution in [0.5, 0.6) is 5.88 Å². The van der Waals surface area contributed by atoms with Crippen LogP contribution in [-0.4, -0.2) is 67.5 Å². The normalized spacial score (nSPS) is 26.9. The van der Waals surface area contributed by atoms with Crippen molar-refractivity contribution in [1.82, 2.24) is 9.78 Å². The van der Waals surface area contributed by atoms with E-state index in [9.17, 15) is 20.4 Å². The number of aliphatic hydroxyl groups is 4. The van der Waals surface area contributed by atoms with E-state index in [2.05, 4.69) is 43.2 Å². The molecule has 0 radical (unpaired) electrons. The van der Waals surface area contributed by atoms with Crippen molar-refractivity contribution in [2.24, 2.45) is 0 Å². The second-order valence-electron chi connectivity index (χ2n) is 8.07. The zero-order chi connectivity index (χ0) is 22.0. The number of hydrogen-bond acceptors (Lipinski definition) is 7. The average molecular weight is 421 g/mol. The number of aryl methyl sites for hydroxylation is 1. The molecule has 0 amide bonds. The van der Waals surface area contributed by atoms with Crippen molar-refractivity contribution in [3.8, 4) is 5.88 Å². The van der Waals surface area contributed by atoms with E-state index in [0.717, 1.165) is 16.8 Å². The van der Waals surface area contributed by atoms with Gasteiger partial charge in [-0.25, -0.2) is 0 Å². The van der Waals surface area contributed by atoms with Crippen molar-refractivity contribution in [3.05, 3.63) is 46.6 Å². The fraction of sp³-hybridized carbons (Fsp3) is 0.591. The molecule has 4 N–H and O–H groups in total. The van der Waals surface area contributed by atoms with E-state index in [1.54, 1.807) is 4.68 Å². The van der Waals surface area contributed by atoms with Gasteiger partial charge >= 0.3 is 0 Å². The Morgan fingerprint density at radius 1 is 1.10 bits per heavy atom. The molecule has 1 aliphatic heterocycles. The van der Waals surface area contributed by atoms with Gasteiger partial charge < -0.3 is 29.9 Å². The average Bonchev–Trinajstić information content (AvgIpc) is 3.03. The Labute approximate surface area is 176 Å². The van der Waals surface area contributed by atoms with Gasteiger partial charge in [-0.15, -0.1) is 5.10 Å². The molecule has 1 aromatic heterocycles. The molecule has 5 atom stereocenters. The van der Waals surface area contributed by atoms with Crippen LogP contribution in [0.1, 0.15) is 49.1 Å². The summed E-state index contributed by atoms with van der Waals surface area (Å²) >= 11 is 0. The molecule has 2 aromatic rings. The molecule has 8 heteroatoms. The SMILES string of the molecule is CCn1nc(OC2O[C@H](CO)[C@@H](O)[C@H](O)[C@H]2O)c(Cc2ccc(C(C)C)cc2)c1C. The van der Waals surface area contributed by atoms with E-state index in [1.165, 1.54) is 5.56 Å². The van der Waals surface area contributed by atoms with E-state index < -0.39 is 37.3 Å². The quantitative estimate of drug-likeness (QED) is 0.530. The van der Waals surface area contributed by atoms with Gasteiger partial charge in [0.2, 0.25) is 12.2 Å². The molecule has 0 aliphatic carbocycles. The minimum atomic E-state index is -1.50. The molecule has 0 spiro atoms. The Bertz CT molecular complexity index is 833. The minimum Gasteiger partial charge on any atom is -0.443 e. The van der Waals surface area contributed by atoms with Gasteiger partial charge in [-0.05, 0) is 30.9 Å². The van der Waals surface area contributed by atoms with Crippen molar-refractivity contribution in [3.63, 3.8) is 0 Å². The number of aliphatic hydroxyl groups excluding tert-OH is 4. The van der Waals surface area contributed by atoms with Gasteiger partial charge in [0.1, 0.15) is 24.4 Å². The van der Waals surface area contributed by atoms with E-state index in [4.69, 9.17) is 9.47 Å². The van der Waals surface area contributed by atoms with E-state index in [-0.39, 0.29) is 0 Å². The van der Waals surface area contributed by atoms with Crippen LogP contribution in [0.4, 0.5) is 0 Å². The lowest BCUT2D eigenvalue weighted by atomic mass is 9.98. The van der Waals surface area contributed by atoms with Crippen LogP contribution >= 0.6 is 0 Å². The molecular formula is C22H32N2O6. The van der Waals surface area contributed by atoms with E-state index in [0.29, 0.717) is 24.8 Å². The van der Waals surface area contributed by atoms with Crippen molar-refractivity contribution >= 4 is 0 Å². The number of nitrogens with zero attached hydrogens (tertiary/aromatic N) is 2. The maximum absolute atomic E-state index is 10.3. The van der Waals surface area contributed by atoms with Crippen LogP contribution in [0, 0.1) is 6.92 Å². The molecule has 1 aromatic carbocycles. The molecule has 2 heterocycles. The van der Waals surface area contributed by atoms with Gasteiger partial charge in [-0.3, -0.25) is 4.68 Å². The van der Waals surface area contributed by atoms with E-state index >= 15 is 0 Å². The summed E-state index contributed by atoms with van der Waals surface area (Å²) in [6.07, 6.45) is -6.12. The van der Waals surface area contributed by atoms with Crippen LogP contribution in [0.3, 0.4) is 0 Å². The summed E-state index contributed by atoms with van der Waals surface area (Å²) in [6.45, 7) is 8.35. The first-order valence-electron chi connectivity index (χ1n) is 10.4. The molecule has 0 saturated carbocycles. The highest BCUT2D eigenvalue weighted by atomic mass is 16.7. The Balaban J connectivity index is 1.86. The van der Waals surface area contributed by atoms with Crippen LogP contribution in [-0.2, 0) is 17.7 Å². The minimum absolute atomic E-state index is 0.298. The van der Waals surface area contributed by atoms with E-state index in [1.807, 2.05) is 13.8 Å². The van der Waals surface area contributed by atoms with Crippen molar-refractivity contribution in [2.45, 2.75) is 77.3 Å². The number of aromatic nitrogens is 2. The van der Waals surface area contributed by atoms with Crippen LogP contribution in [0.15, 0.2) is 24.3 Å². The van der Waals surface area contributed by atoms with Crippen molar-refractivity contribution in [1.29, 1.82) is 0 Å². The molecule has 8 nitrogen and oxygen atoms in total. The monoisotopic (exact) mass is 420 g/mol. The first-order chi connectivity index (χ1) is 14.3. The molecule has 0 bridgehead atoms. The first-order valence-corrected chi connectivity index (χ1v) is 10.4. The van der Waals surface area contributed by atoms with Crippen LogP contribution < -0.4 is 4.74 Å². The highest BCUT2D eigenvalue weighted by Gasteiger charge is 2.45. The van der Waals surface area contributed by atoms with Gasteiger partial charge in [0.05, 0.1) is 6.61 Å². The molecule has 1 aliphatic rings. The predicted molar refractivity (Wildman–Crippen MR) is 110 cm³/mol. The molecule has 3 rings (SSSR count). The van der Waals surface area contributed by atoms with Gasteiger partial charge in [0.15, 0.2) is 0 Å². The van der Waals surface area contributed by atoms with Gasteiger partial charge in [-0.1, -0.05) is 38.1 Å². The zero-order valence-electron chi connectivity index (χ0n) is 17.9. The number of benzene rings is 1. The molecule has 1 saturated heterocycles. The zero-order valence-corrected chi connectivity index (χ0v) is 17.9. The lowest BCUT2D eigenvalue weighted by molar-refractivity contribution is -0.278. The number of hydrogen-bond donors (Lipinski definition) is 4. The summed E-state index contributed by atoms with van der Waals surface area (Å²) in [6, 6.07) is 8.38. The topological polar surface area (TPSA) is 117 Å². The Hall–Kier alpha value is -1.97. The third-order valence-corrected chi connectivity index (χ3v) is 5.70. The lowest BCUT2D eigenvalue weighted by Crippen LogP contribution is -2.60. The third-order valence-electron chi connectivity index (χ3n) is 5.70. The molecule has 1 fully saturated rings. The van der Waals surface area contributed by atoms with Gasteiger partial charge in [0, 0.05) is 24.2 Å². The maximum atomic E-state index is 10.3. The van der Waals surface area contributed by atoms with Crippen molar-refractivity contribution in [2.75, 3.05) is 6.61 Å². The third kappa shape index (κ3) is 4.53. The summed E-state index contributed by atoms with van der Waals surface area (Å²) in [5, 5.41) is 44.2. The van der Waals surface area contributed by atoms with Crippen LogP contribution in [0.2, 0.25) is 0 Å². The maximum Gasteiger partial charge on any atom is 0.239 e. The Morgan fingerprint density at radius 3 is 2.33 bits per heavy atom. The second kappa shape index (κ2) is 9.45. The molecule has 1 unspecified atom stereocenters. The Kier molecular flexibility index (Phi) is 7.15. The summed E-state index contributed by atoms with van der Waals surface area (Å²) in [5.74, 6) is 0.750. The predicted octanol–water partition coefficient (Wildman–Crippen LogP) is 1.10. The van der Waals surface area contributed by atoms with Gasteiger partial charge in [-0.2, -0.15) is 0 Å². The van der Waals surface area contributed by atoms with Gasteiger partial charge in [0.25, 0.3) is 0 Å². The molecular weight excluding hydrogens is 388 g/mol. The first kappa shape index (κ1) is 22.7. The largest absolute Gasteiger partial charge is 0.443 e. The fourth-order valence-corrected chi connectivity index (χ4v) is 3.66. The smallest absolute Gasteiger partial charge is 0.239 e. The molecule has 166 valence electrons. The summed E-state index contributed by atoms with van der Waals surface area (Å²) in [4.78, 5) is 0. The number of rotatable bonds is 7. The van der Waals surface area contributed by atoms with Crippen molar-refractivity contribution < 1.29 is 29.9 Å². The number of ether oxygens (including phenoxy) is 2. The lowest BCUT2D eigenvalue weighted by Gasteiger charge is -2.39. The summed E-state index contributed by atoms with van der Waals surface area (Å²) in [5.41, 5.74) is 4.14. The highest BCUT2D eigenvalue weighted by molar-refractivity contribution is 5.37. The second-order valence-corrected chi connectivity index (χ2v) is 8.07. The molecule has 30 heavy (non-hydrogen) atoms.